The molecule has 0 N–H and O–H groups in total. The van der Waals surface area contributed by atoms with Gasteiger partial charge in [0.1, 0.15) is 26.3 Å². The molecule has 0 aromatic heterocycles. The van der Waals surface area contributed by atoms with Gasteiger partial charge in [0.05, 0.1) is 40.3 Å². The lowest BCUT2D eigenvalue weighted by molar-refractivity contribution is -0.922. The van der Waals surface area contributed by atoms with Gasteiger partial charge in [-0.3, -0.25) is 9.59 Å². The van der Waals surface area contributed by atoms with Crippen LogP contribution >= 0.6 is 0 Å². The molecule has 8 atom stereocenters. The Bertz CT molecular complexity index is 868. The smallest absolute Gasteiger partial charge is 0.302 e. The molecule has 228 valence electrons. The van der Waals surface area contributed by atoms with Crippen LogP contribution in [0.4, 0.5) is 0 Å². The largest absolute Gasteiger partial charge is 1.00 e. The molecule has 6 nitrogen and oxygen atoms in total. The average Bonchev–Trinajstić information content (AvgIpc) is 3.16. The highest BCUT2D eigenvalue weighted by Gasteiger charge is 2.63. The SMILES string of the molecule is CC(=O)OCC[N+](C)(C)[C@@H]1CC[C@]2(C)C3CC[C@@]4(C)C(CC[C@H]4[N+](C)(C)CCOC(C)=O)[C@@H]3CC[C@H]2C1.[Br-].[Br-]. The van der Waals surface area contributed by atoms with Crippen molar-refractivity contribution in [3.8, 4) is 0 Å². The fourth-order valence-electron chi connectivity index (χ4n) is 10.2. The van der Waals surface area contributed by atoms with E-state index >= 15 is 0 Å². The maximum atomic E-state index is 11.3. The molecular formula is C31H56Br2N2O4. The number of fused-ring (bicyclic) bond motifs is 5. The van der Waals surface area contributed by atoms with Gasteiger partial charge in [-0.2, -0.15) is 0 Å². The topological polar surface area (TPSA) is 52.6 Å². The van der Waals surface area contributed by atoms with E-state index in [4.69, 9.17) is 9.47 Å². The maximum absolute atomic E-state index is 11.3. The van der Waals surface area contributed by atoms with Crippen LogP contribution in [0.5, 0.6) is 0 Å². The summed E-state index contributed by atoms with van der Waals surface area (Å²) in [6.07, 6.45) is 12.2. The molecule has 0 spiro atoms. The van der Waals surface area contributed by atoms with E-state index in [0.29, 0.717) is 36.1 Å². The van der Waals surface area contributed by atoms with Crippen LogP contribution in [0, 0.1) is 34.5 Å². The fourth-order valence-corrected chi connectivity index (χ4v) is 10.2. The number of esters is 2. The molecule has 4 aliphatic rings. The molecule has 4 aliphatic carbocycles. The number of carbonyl (C=O) groups is 2. The summed E-state index contributed by atoms with van der Waals surface area (Å²) in [5, 5.41) is 0. The van der Waals surface area contributed by atoms with Gasteiger partial charge in [-0.15, -0.1) is 0 Å². The first-order valence-corrected chi connectivity index (χ1v) is 15.1. The molecule has 4 saturated carbocycles. The minimum Gasteiger partial charge on any atom is -1.00 e. The highest BCUT2D eigenvalue weighted by atomic mass is 79.9. The number of quaternary nitrogens is 2. The van der Waals surface area contributed by atoms with Crippen molar-refractivity contribution in [1.29, 1.82) is 0 Å². The summed E-state index contributed by atoms with van der Waals surface area (Å²) in [6.45, 7) is 11.2. The van der Waals surface area contributed by atoms with Crippen LogP contribution in [-0.4, -0.2) is 87.5 Å². The summed E-state index contributed by atoms with van der Waals surface area (Å²) in [7, 11) is 9.42. The Labute approximate surface area is 259 Å². The van der Waals surface area contributed by atoms with E-state index < -0.39 is 0 Å². The van der Waals surface area contributed by atoms with E-state index in [1.807, 2.05) is 0 Å². The third-order valence-electron chi connectivity index (χ3n) is 12.4. The van der Waals surface area contributed by atoms with Crippen molar-refractivity contribution in [2.75, 3.05) is 54.5 Å². The lowest BCUT2D eigenvalue weighted by atomic mass is 9.44. The minimum absolute atomic E-state index is 0. The molecule has 2 unspecified atom stereocenters. The second-order valence-corrected chi connectivity index (χ2v) is 14.9. The minimum atomic E-state index is -0.167. The number of ether oxygens (including phenoxy) is 2. The second kappa shape index (κ2) is 13.0. The van der Waals surface area contributed by atoms with Gasteiger partial charge in [-0.25, -0.2) is 0 Å². The molecule has 4 fully saturated rings. The Kier molecular flexibility index (Phi) is 11.7. The van der Waals surface area contributed by atoms with Crippen molar-refractivity contribution >= 4 is 11.9 Å². The molecule has 8 heteroatoms. The van der Waals surface area contributed by atoms with Gasteiger partial charge in [0.25, 0.3) is 0 Å². The molecule has 0 heterocycles. The van der Waals surface area contributed by atoms with Crippen molar-refractivity contribution in [1.82, 2.24) is 0 Å². The molecular weight excluding hydrogens is 624 g/mol. The van der Waals surface area contributed by atoms with E-state index in [1.54, 1.807) is 0 Å². The molecule has 0 radical (unpaired) electrons. The molecule has 0 aromatic rings. The van der Waals surface area contributed by atoms with Crippen molar-refractivity contribution in [2.45, 2.75) is 97.6 Å². The standard InChI is InChI=1S/C31H56N2O4.2BrH/c1-22(34)36-19-17-32(5,6)25-13-15-30(3)24(21-25)9-10-26-27-11-12-29(31(27,4)16-14-28(26)30)33(7,8)18-20-37-23(2)35;;/h24-29H,9-21H2,1-8H3;2*1H/q+2;;/p-2/t24-,25+,26-,27?,28?,29+,30-,31-;;/m0../s1. The highest BCUT2D eigenvalue weighted by molar-refractivity contribution is 5.66. The first-order chi connectivity index (χ1) is 17.2. The van der Waals surface area contributed by atoms with Gasteiger partial charge in [-0.05, 0) is 74.0 Å². The Balaban J connectivity index is 0.00000267. The van der Waals surface area contributed by atoms with Crippen LogP contribution in [0.25, 0.3) is 0 Å². The maximum Gasteiger partial charge on any atom is 0.302 e. The predicted octanol–water partition coefficient (Wildman–Crippen LogP) is -0.947. The Morgan fingerprint density at radius 1 is 0.718 bits per heavy atom. The molecule has 0 amide bonds. The zero-order chi connectivity index (χ0) is 27.2. The number of hydrogen-bond acceptors (Lipinski definition) is 4. The molecule has 0 aliphatic heterocycles. The van der Waals surface area contributed by atoms with E-state index in [-0.39, 0.29) is 45.9 Å². The van der Waals surface area contributed by atoms with Gasteiger partial charge in [-0.1, -0.05) is 13.8 Å². The summed E-state index contributed by atoms with van der Waals surface area (Å²) in [6, 6.07) is 1.33. The molecule has 0 aromatic carbocycles. The molecule has 4 rings (SSSR count). The summed E-state index contributed by atoms with van der Waals surface area (Å²) in [5.74, 6) is 3.09. The Hall–Kier alpha value is -0.180. The first-order valence-electron chi connectivity index (χ1n) is 15.1. The van der Waals surface area contributed by atoms with Crippen molar-refractivity contribution in [2.24, 2.45) is 34.5 Å². The molecule has 0 bridgehead atoms. The van der Waals surface area contributed by atoms with Crippen LogP contribution in [0.2, 0.25) is 0 Å². The molecule has 39 heavy (non-hydrogen) atoms. The summed E-state index contributed by atoms with van der Waals surface area (Å²) >= 11 is 0. The van der Waals surface area contributed by atoms with Crippen molar-refractivity contribution < 1.29 is 62.0 Å². The van der Waals surface area contributed by atoms with Crippen LogP contribution in [0.3, 0.4) is 0 Å². The van der Waals surface area contributed by atoms with Crippen LogP contribution in [0.15, 0.2) is 0 Å². The zero-order valence-electron chi connectivity index (χ0n) is 25.9. The summed E-state index contributed by atoms with van der Waals surface area (Å²) in [5.41, 5.74) is 0.880. The van der Waals surface area contributed by atoms with Gasteiger partial charge in [0, 0.05) is 32.1 Å². The van der Waals surface area contributed by atoms with Gasteiger partial charge < -0.3 is 52.4 Å². The predicted molar refractivity (Wildman–Crippen MR) is 147 cm³/mol. The lowest BCUT2D eigenvalue weighted by Gasteiger charge is -2.62. The quantitative estimate of drug-likeness (QED) is 0.246. The number of hydrogen-bond donors (Lipinski definition) is 0. The monoisotopic (exact) mass is 678 g/mol. The number of nitrogens with zero attached hydrogens (tertiary/aromatic N) is 2. The lowest BCUT2D eigenvalue weighted by Crippen LogP contribution is -3.00. The van der Waals surface area contributed by atoms with Crippen LogP contribution < -0.4 is 34.0 Å². The Morgan fingerprint density at radius 2 is 1.26 bits per heavy atom. The van der Waals surface area contributed by atoms with Gasteiger partial charge in [0.15, 0.2) is 0 Å². The fraction of sp³-hybridized carbons (Fsp3) is 0.935. The first kappa shape index (κ1) is 35.0. The summed E-state index contributed by atoms with van der Waals surface area (Å²) in [4.78, 5) is 22.6. The normalized spacial score (nSPS) is 37.7. The van der Waals surface area contributed by atoms with Crippen molar-refractivity contribution in [3.63, 3.8) is 0 Å². The second-order valence-electron chi connectivity index (χ2n) is 14.9. The highest BCUT2D eigenvalue weighted by Crippen LogP contribution is 2.67. The number of halogens is 2. The third kappa shape index (κ3) is 6.91. The number of rotatable bonds is 8. The van der Waals surface area contributed by atoms with E-state index in [1.165, 1.54) is 71.6 Å². The van der Waals surface area contributed by atoms with E-state index in [2.05, 4.69) is 42.0 Å². The van der Waals surface area contributed by atoms with Crippen LogP contribution in [0.1, 0.15) is 85.5 Å². The number of carbonyl (C=O) groups excluding carboxylic acids is 2. The Morgan fingerprint density at radius 3 is 1.85 bits per heavy atom. The van der Waals surface area contributed by atoms with Gasteiger partial charge in [0.2, 0.25) is 0 Å². The van der Waals surface area contributed by atoms with E-state index in [0.717, 1.165) is 45.7 Å². The van der Waals surface area contributed by atoms with Gasteiger partial charge >= 0.3 is 11.9 Å². The third-order valence-corrected chi connectivity index (χ3v) is 12.4. The average molecular weight is 681 g/mol. The molecule has 0 saturated heterocycles. The number of likely N-dealkylation sites (N-methyl/N-ethyl adjacent to an activating group) is 2. The van der Waals surface area contributed by atoms with E-state index in [9.17, 15) is 9.59 Å². The van der Waals surface area contributed by atoms with Crippen molar-refractivity contribution in [3.05, 3.63) is 0 Å². The van der Waals surface area contributed by atoms with Crippen LogP contribution in [-0.2, 0) is 19.1 Å². The zero-order valence-corrected chi connectivity index (χ0v) is 29.1. The summed E-state index contributed by atoms with van der Waals surface area (Å²) < 4.78 is 12.6.